The average Bonchev–Trinajstić information content (AvgIpc) is 2.97. The number of nitrogens with zero attached hydrogens (tertiary/aromatic N) is 1. The van der Waals surface area contributed by atoms with Gasteiger partial charge in [0.25, 0.3) is 0 Å². The van der Waals surface area contributed by atoms with Gasteiger partial charge in [0.2, 0.25) is 0 Å². The van der Waals surface area contributed by atoms with Crippen molar-refractivity contribution < 1.29 is 14.3 Å². The first-order chi connectivity index (χ1) is 8.29. The molecule has 2 aliphatic rings. The van der Waals surface area contributed by atoms with E-state index < -0.39 is 0 Å². The van der Waals surface area contributed by atoms with E-state index in [1.54, 1.807) is 12.3 Å². The Labute approximate surface area is 102 Å². The van der Waals surface area contributed by atoms with Gasteiger partial charge in [-0.15, -0.1) is 0 Å². The van der Waals surface area contributed by atoms with Gasteiger partial charge in [-0.3, -0.25) is 9.59 Å². The lowest BCUT2D eigenvalue weighted by Crippen LogP contribution is -2.26. The zero-order chi connectivity index (χ0) is 11.8. The molecule has 0 saturated carbocycles. The Bertz CT molecular complexity index is 544. The normalized spacial score (nSPS) is 26.4. The second-order valence-corrected chi connectivity index (χ2v) is 4.85. The Balaban J connectivity index is 1.94. The molecule has 0 aromatic carbocycles. The summed E-state index contributed by atoms with van der Waals surface area (Å²) in [7, 11) is 0. The molecule has 2 unspecified atom stereocenters. The first kappa shape index (κ1) is 10.4. The minimum Gasteiger partial charge on any atom is -0.500 e. The standard InChI is InChI=1S/C12H9NO3S/c14-4-8-3-11(13-17-8)9-2-1-7-5-16-6-10(7)12(9)15/h1-5,9-10H,6H2. The third-order valence-electron chi connectivity index (χ3n) is 3.00. The molecule has 1 aromatic heterocycles. The maximum absolute atomic E-state index is 12.2. The molecule has 86 valence electrons. The number of carbonyl (C=O) groups excluding carboxylic acids is 2. The molecule has 1 aromatic rings. The molecular weight excluding hydrogens is 238 g/mol. The van der Waals surface area contributed by atoms with Crippen LogP contribution in [0.4, 0.5) is 0 Å². The van der Waals surface area contributed by atoms with E-state index in [4.69, 9.17) is 4.74 Å². The highest BCUT2D eigenvalue weighted by Gasteiger charge is 2.36. The van der Waals surface area contributed by atoms with Crippen molar-refractivity contribution in [1.82, 2.24) is 4.37 Å². The lowest BCUT2D eigenvalue weighted by Gasteiger charge is -2.19. The summed E-state index contributed by atoms with van der Waals surface area (Å²) in [4.78, 5) is 23.4. The Kier molecular flexibility index (Phi) is 2.40. The van der Waals surface area contributed by atoms with Gasteiger partial charge in [0, 0.05) is 5.57 Å². The lowest BCUT2D eigenvalue weighted by atomic mass is 9.82. The van der Waals surface area contributed by atoms with E-state index >= 15 is 0 Å². The third-order valence-corrected chi connectivity index (χ3v) is 3.72. The van der Waals surface area contributed by atoms with Gasteiger partial charge in [-0.1, -0.05) is 12.2 Å². The number of aromatic nitrogens is 1. The van der Waals surface area contributed by atoms with Crippen LogP contribution in [-0.4, -0.2) is 23.0 Å². The molecule has 0 spiro atoms. The second kappa shape index (κ2) is 3.92. The molecule has 0 saturated heterocycles. The Morgan fingerprint density at radius 2 is 2.41 bits per heavy atom. The maximum Gasteiger partial charge on any atom is 0.161 e. The maximum atomic E-state index is 12.2. The first-order valence-electron chi connectivity index (χ1n) is 5.25. The highest BCUT2D eigenvalue weighted by atomic mass is 32.1. The van der Waals surface area contributed by atoms with Crippen molar-refractivity contribution in [3.8, 4) is 0 Å². The molecule has 0 bridgehead atoms. The van der Waals surface area contributed by atoms with E-state index in [1.165, 1.54) is 0 Å². The molecule has 3 rings (SSSR count). The molecule has 0 N–H and O–H groups in total. The SMILES string of the molecule is O=Cc1cc(C2C=CC3=COCC3C2=O)ns1. The fourth-order valence-electron chi connectivity index (χ4n) is 2.09. The van der Waals surface area contributed by atoms with Crippen LogP contribution in [0.5, 0.6) is 0 Å². The van der Waals surface area contributed by atoms with Gasteiger partial charge < -0.3 is 4.74 Å². The van der Waals surface area contributed by atoms with E-state index in [1.807, 2.05) is 12.2 Å². The highest BCUT2D eigenvalue weighted by molar-refractivity contribution is 7.07. The number of Topliss-reactive ketones (excluding diaryl/α,β-unsaturated/α-hetero) is 1. The second-order valence-electron chi connectivity index (χ2n) is 4.01. The number of hydrogen-bond donors (Lipinski definition) is 0. The van der Waals surface area contributed by atoms with Crippen LogP contribution in [0.1, 0.15) is 21.3 Å². The van der Waals surface area contributed by atoms with Crippen molar-refractivity contribution in [2.75, 3.05) is 6.61 Å². The van der Waals surface area contributed by atoms with Crippen LogP contribution in [0.15, 0.2) is 30.1 Å². The van der Waals surface area contributed by atoms with Crippen molar-refractivity contribution in [2.45, 2.75) is 5.92 Å². The first-order valence-corrected chi connectivity index (χ1v) is 6.02. The molecular formula is C12H9NO3S. The van der Waals surface area contributed by atoms with Crippen LogP contribution >= 0.6 is 11.5 Å². The van der Waals surface area contributed by atoms with Crippen molar-refractivity contribution in [2.24, 2.45) is 5.92 Å². The number of ketones is 1. The fraction of sp³-hybridized carbons (Fsp3) is 0.250. The minimum absolute atomic E-state index is 0.0963. The largest absolute Gasteiger partial charge is 0.500 e. The Hall–Kier alpha value is -1.75. The Morgan fingerprint density at radius 3 is 3.18 bits per heavy atom. The van der Waals surface area contributed by atoms with Gasteiger partial charge in [-0.05, 0) is 17.6 Å². The number of rotatable bonds is 2. The topological polar surface area (TPSA) is 56.3 Å². The summed E-state index contributed by atoms with van der Waals surface area (Å²) >= 11 is 1.12. The van der Waals surface area contributed by atoms with Crippen molar-refractivity contribution >= 4 is 23.6 Å². The smallest absolute Gasteiger partial charge is 0.161 e. The number of carbonyl (C=O) groups is 2. The summed E-state index contributed by atoms with van der Waals surface area (Å²) in [6.45, 7) is 0.416. The van der Waals surface area contributed by atoms with Crippen LogP contribution in [-0.2, 0) is 9.53 Å². The van der Waals surface area contributed by atoms with E-state index in [2.05, 4.69) is 4.37 Å². The molecule has 1 aliphatic heterocycles. The zero-order valence-electron chi connectivity index (χ0n) is 8.83. The summed E-state index contributed by atoms with van der Waals surface area (Å²) < 4.78 is 9.32. The predicted octanol–water partition coefficient (Wildman–Crippen LogP) is 1.71. The molecule has 2 heterocycles. The minimum atomic E-state index is -0.344. The summed E-state index contributed by atoms with van der Waals surface area (Å²) in [6.07, 6.45) is 6.11. The third kappa shape index (κ3) is 1.63. The number of aldehydes is 1. The van der Waals surface area contributed by atoms with Crippen LogP contribution in [0.25, 0.3) is 0 Å². The van der Waals surface area contributed by atoms with Gasteiger partial charge in [-0.2, -0.15) is 4.37 Å². The lowest BCUT2D eigenvalue weighted by molar-refractivity contribution is -0.122. The highest BCUT2D eigenvalue weighted by Crippen LogP contribution is 2.34. The van der Waals surface area contributed by atoms with E-state index in [0.29, 0.717) is 17.2 Å². The molecule has 4 nitrogen and oxygen atoms in total. The number of ether oxygens (including phenoxy) is 1. The molecule has 0 radical (unpaired) electrons. The quantitative estimate of drug-likeness (QED) is 0.746. The van der Waals surface area contributed by atoms with Crippen LogP contribution < -0.4 is 0 Å². The van der Waals surface area contributed by atoms with Crippen LogP contribution in [0.3, 0.4) is 0 Å². The fourth-order valence-corrected chi connectivity index (χ4v) is 2.68. The van der Waals surface area contributed by atoms with Crippen molar-refractivity contribution in [3.63, 3.8) is 0 Å². The van der Waals surface area contributed by atoms with Crippen LogP contribution in [0, 0.1) is 5.92 Å². The predicted molar refractivity (Wildman–Crippen MR) is 61.9 cm³/mol. The van der Waals surface area contributed by atoms with Gasteiger partial charge >= 0.3 is 0 Å². The zero-order valence-corrected chi connectivity index (χ0v) is 9.65. The van der Waals surface area contributed by atoms with E-state index in [9.17, 15) is 9.59 Å². The number of hydrogen-bond acceptors (Lipinski definition) is 5. The van der Waals surface area contributed by atoms with Gasteiger partial charge in [0.1, 0.15) is 6.61 Å². The van der Waals surface area contributed by atoms with Gasteiger partial charge in [0.15, 0.2) is 12.1 Å². The molecule has 2 atom stereocenters. The van der Waals surface area contributed by atoms with Crippen molar-refractivity contribution in [1.29, 1.82) is 0 Å². The van der Waals surface area contributed by atoms with Crippen LogP contribution in [0.2, 0.25) is 0 Å². The summed E-state index contributed by atoms with van der Waals surface area (Å²) in [5.74, 6) is -0.422. The van der Waals surface area contributed by atoms with Gasteiger partial charge in [-0.25, -0.2) is 0 Å². The Morgan fingerprint density at radius 1 is 1.53 bits per heavy atom. The van der Waals surface area contributed by atoms with Crippen molar-refractivity contribution in [3.05, 3.63) is 40.6 Å². The molecule has 1 aliphatic carbocycles. The van der Waals surface area contributed by atoms with E-state index in [-0.39, 0.29) is 17.6 Å². The molecule has 0 amide bonds. The average molecular weight is 247 g/mol. The molecule has 5 heteroatoms. The summed E-state index contributed by atoms with van der Waals surface area (Å²) in [5, 5.41) is 0. The molecule has 17 heavy (non-hydrogen) atoms. The molecule has 0 fully saturated rings. The summed E-state index contributed by atoms with van der Waals surface area (Å²) in [6, 6.07) is 1.68. The van der Waals surface area contributed by atoms with Gasteiger partial charge in [0.05, 0.1) is 28.7 Å². The van der Waals surface area contributed by atoms with E-state index in [0.717, 1.165) is 23.4 Å². The number of allylic oxidation sites excluding steroid dienone is 2. The number of fused-ring (bicyclic) bond motifs is 1. The monoisotopic (exact) mass is 247 g/mol. The summed E-state index contributed by atoms with van der Waals surface area (Å²) in [5.41, 5.74) is 1.58.